The number of hydrogen-bond acceptors (Lipinski definition) is 2. The molecule has 1 rings (SSSR count). The van der Waals surface area contributed by atoms with E-state index in [0.717, 1.165) is 29.5 Å². The highest BCUT2D eigenvalue weighted by Gasteiger charge is 2.06. The number of carbonyl (C=O) groups is 1. The smallest absolute Gasteiger partial charge is 0.162 e. The average Bonchev–Trinajstić information content (AvgIpc) is 2.39. The Bertz CT molecular complexity index is 375. The molecule has 0 bridgehead atoms. The summed E-state index contributed by atoms with van der Waals surface area (Å²) in [5.74, 6) is 0.245. The minimum Gasteiger partial charge on any atom is -0.306 e. The molecule has 0 spiro atoms. The van der Waals surface area contributed by atoms with E-state index in [1.165, 1.54) is 19.3 Å². The van der Waals surface area contributed by atoms with Crippen LogP contribution in [0.4, 0.5) is 0 Å². The molecule has 0 aliphatic rings. The van der Waals surface area contributed by atoms with E-state index >= 15 is 0 Å². The topological polar surface area (TPSA) is 20.3 Å². The number of rotatable bonds is 9. The fraction of sp³-hybridized carbons (Fsp3) is 0.562. The van der Waals surface area contributed by atoms with Crippen molar-refractivity contribution in [3.63, 3.8) is 0 Å². The number of Topliss-reactive ketones (excluding diaryl/α,β-unsaturated/α-hetero) is 1. The molecule has 0 aromatic heterocycles. The van der Waals surface area contributed by atoms with Gasteiger partial charge in [0.1, 0.15) is 0 Å². The number of carbonyl (C=O) groups excluding carboxylic acids is 1. The summed E-state index contributed by atoms with van der Waals surface area (Å²) in [5.41, 5.74) is 0.817. The van der Waals surface area contributed by atoms with E-state index in [-0.39, 0.29) is 5.78 Å². The van der Waals surface area contributed by atoms with Gasteiger partial charge in [-0.15, -0.1) is 0 Å². The van der Waals surface area contributed by atoms with Gasteiger partial charge in [0.2, 0.25) is 0 Å². The van der Waals surface area contributed by atoms with E-state index in [4.69, 9.17) is 0 Å². The van der Waals surface area contributed by atoms with Gasteiger partial charge in [0.25, 0.3) is 0 Å². The molecule has 19 heavy (non-hydrogen) atoms. The van der Waals surface area contributed by atoms with Crippen molar-refractivity contribution in [3.05, 3.63) is 34.3 Å². The first-order chi connectivity index (χ1) is 9.13. The van der Waals surface area contributed by atoms with Crippen LogP contribution in [0.15, 0.2) is 28.7 Å². The lowest BCUT2D eigenvalue weighted by Crippen LogP contribution is -2.21. The Morgan fingerprint density at radius 1 is 1.11 bits per heavy atom. The zero-order valence-corrected chi connectivity index (χ0v) is 13.6. The van der Waals surface area contributed by atoms with Crippen LogP contribution in [0.1, 0.15) is 49.4 Å². The Hall–Kier alpha value is -0.670. The zero-order valence-electron chi connectivity index (χ0n) is 12.0. The quantitative estimate of drug-likeness (QED) is 0.491. The largest absolute Gasteiger partial charge is 0.306 e. The molecule has 0 amide bonds. The normalized spacial score (nSPS) is 10.9. The Morgan fingerprint density at radius 2 is 1.74 bits per heavy atom. The molecule has 0 aliphatic carbocycles. The molecule has 0 saturated heterocycles. The van der Waals surface area contributed by atoms with Crippen LogP contribution in [0, 0.1) is 0 Å². The summed E-state index contributed by atoms with van der Waals surface area (Å²) in [4.78, 5) is 14.3. The lowest BCUT2D eigenvalue weighted by atomic mass is 10.1. The number of hydrogen-bond donors (Lipinski definition) is 0. The van der Waals surface area contributed by atoms with Crippen LogP contribution in [0.5, 0.6) is 0 Å². The first-order valence-electron chi connectivity index (χ1n) is 7.10. The van der Waals surface area contributed by atoms with Crippen molar-refractivity contribution >= 4 is 21.7 Å². The Labute approximate surface area is 125 Å². The minimum absolute atomic E-state index is 0.245. The minimum atomic E-state index is 0.245. The molecule has 1 aromatic carbocycles. The maximum Gasteiger partial charge on any atom is 0.162 e. The number of unbranched alkanes of at least 4 members (excludes halogenated alkanes) is 2. The second-order valence-corrected chi connectivity index (χ2v) is 5.96. The van der Waals surface area contributed by atoms with Crippen LogP contribution in [0.2, 0.25) is 0 Å². The molecular weight excluding hydrogens is 302 g/mol. The summed E-state index contributed by atoms with van der Waals surface area (Å²) >= 11 is 3.38. The van der Waals surface area contributed by atoms with Gasteiger partial charge in [0.05, 0.1) is 0 Å². The lowest BCUT2D eigenvalue weighted by molar-refractivity contribution is 0.0976. The number of halogens is 1. The predicted molar refractivity (Wildman–Crippen MR) is 84.7 cm³/mol. The van der Waals surface area contributed by atoms with E-state index in [2.05, 4.69) is 34.8 Å². The van der Waals surface area contributed by atoms with Crippen LogP contribution < -0.4 is 0 Å². The number of nitrogens with zero attached hydrogens (tertiary/aromatic N) is 1. The Balaban J connectivity index is 2.21. The molecule has 0 saturated carbocycles. The first-order valence-corrected chi connectivity index (χ1v) is 7.90. The highest BCUT2D eigenvalue weighted by Crippen LogP contribution is 2.12. The molecule has 106 valence electrons. The summed E-state index contributed by atoms with van der Waals surface area (Å²) in [6, 6.07) is 7.61. The zero-order chi connectivity index (χ0) is 14.1. The number of ketones is 1. The molecule has 0 aliphatic heterocycles. The van der Waals surface area contributed by atoms with Crippen molar-refractivity contribution in [2.45, 2.75) is 39.0 Å². The Kier molecular flexibility index (Phi) is 7.99. The highest BCUT2D eigenvalue weighted by atomic mass is 79.9. The second kappa shape index (κ2) is 9.27. The molecule has 0 N–H and O–H groups in total. The van der Waals surface area contributed by atoms with Gasteiger partial charge in [-0.1, -0.05) is 47.8 Å². The molecule has 1 aromatic rings. The van der Waals surface area contributed by atoms with Crippen molar-refractivity contribution in [2.24, 2.45) is 0 Å². The third kappa shape index (κ3) is 6.88. The summed E-state index contributed by atoms with van der Waals surface area (Å²) in [7, 11) is 2.14. The fourth-order valence-corrected chi connectivity index (χ4v) is 2.30. The van der Waals surface area contributed by atoms with Crippen LogP contribution in [0.25, 0.3) is 0 Å². The molecule has 2 nitrogen and oxygen atoms in total. The van der Waals surface area contributed by atoms with Crippen LogP contribution in [-0.2, 0) is 0 Å². The van der Waals surface area contributed by atoms with Gasteiger partial charge in [-0.25, -0.2) is 0 Å². The first kappa shape index (κ1) is 16.4. The summed E-state index contributed by atoms with van der Waals surface area (Å²) < 4.78 is 1.01. The number of benzene rings is 1. The van der Waals surface area contributed by atoms with Gasteiger partial charge in [-0.2, -0.15) is 0 Å². The van der Waals surface area contributed by atoms with Gasteiger partial charge in [-0.3, -0.25) is 4.79 Å². The van der Waals surface area contributed by atoms with Gasteiger partial charge in [0.15, 0.2) is 5.78 Å². The van der Waals surface area contributed by atoms with Crippen LogP contribution >= 0.6 is 15.9 Å². The monoisotopic (exact) mass is 325 g/mol. The summed E-state index contributed by atoms with van der Waals surface area (Å²) in [6.07, 6.45) is 5.39. The fourth-order valence-electron chi connectivity index (χ4n) is 2.03. The molecule has 3 heteroatoms. The molecule has 0 heterocycles. The van der Waals surface area contributed by atoms with Gasteiger partial charge >= 0.3 is 0 Å². The highest BCUT2D eigenvalue weighted by molar-refractivity contribution is 9.10. The Morgan fingerprint density at radius 3 is 2.37 bits per heavy atom. The third-order valence-corrected chi connectivity index (χ3v) is 3.78. The van der Waals surface area contributed by atoms with E-state index in [0.29, 0.717) is 6.42 Å². The maximum absolute atomic E-state index is 12.0. The molecule has 0 radical (unpaired) electrons. The van der Waals surface area contributed by atoms with Crippen LogP contribution in [0.3, 0.4) is 0 Å². The van der Waals surface area contributed by atoms with Gasteiger partial charge in [0, 0.05) is 16.5 Å². The van der Waals surface area contributed by atoms with Gasteiger partial charge in [-0.05, 0) is 45.1 Å². The predicted octanol–water partition coefficient (Wildman–Crippen LogP) is 4.53. The van der Waals surface area contributed by atoms with Crippen molar-refractivity contribution in [2.75, 3.05) is 20.1 Å². The maximum atomic E-state index is 12.0. The third-order valence-electron chi connectivity index (χ3n) is 3.25. The lowest BCUT2D eigenvalue weighted by Gasteiger charge is -2.15. The molecule has 0 atom stereocenters. The average molecular weight is 326 g/mol. The van der Waals surface area contributed by atoms with Crippen molar-refractivity contribution in [1.29, 1.82) is 0 Å². The second-order valence-electron chi connectivity index (χ2n) is 5.04. The van der Waals surface area contributed by atoms with E-state index < -0.39 is 0 Å². The summed E-state index contributed by atoms with van der Waals surface area (Å²) in [6.45, 7) is 4.36. The van der Waals surface area contributed by atoms with Crippen molar-refractivity contribution in [1.82, 2.24) is 4.90 Å². The molecule has 0 fully saturated rings. The van der Waals surface area contributed by atoms with Crippen LogP contribution in [-0.4, -0.2) is 30.8 Å². The van der Waals surface area contributed by atoms with Gasteiger partial charge < -0.3 is 4.90 Å². The van der Waals surface area contributed by atoms with E-state index in [9.17, 15) is 4.79 Å². The van der Waals surface area contributed by atoms with E-state index in [1.54, 1.807) is 0 Å². The molecule has 0 unspecified atom stereocenters. The SMILES string of the molecule is CCCCCN(C)CCCC(=O)c1ccc(Br)cc1. The molecular formula is C16H24BrNO. The van der Waals surface area contributed by atoms with Crippen molar-refractivity contribution in [3.8, 4) is 0 Å². The standard InChI is InChI=1S/C16H24BrNO/c1-3-4-5-12-18(2)13-6-7-16(19)14-8-10-15(17)11-9-14/h8-11H,3-7,12-13H2,1-2H3. The van der Waals surface area contributed by atoms with E-state index in [1.807, 2.05) is 24.3 Å². The van der Waals surface area contributed by atoms with Crippen molar-refractivity contribution < 1.29 is 4.79 Å². The summed E-state index contributed by atoms with van der Waals surface area (Å²) in [5, 5.41) is 0.